The van der Waals surface area contributed by atoms with E-state index < -0.39 is 30.8 Å². The monoisotopic (exact) mass is 268 g/mol. The van der Waals surface area contributed by atoms with Crippen molar-refractivity contribution in [1.82, 2.24) is 9.80 Å². The summed E-state index contributed by atoms with van der Waals surface area (Å²) in [6.07, 6.45) is -3.71. The Bertz CT molecular complexity index is 333. The summed E-state index contributed by atoms with van der Waals surface area (Å²) in [5, 5.41) is 8.88. The first-order valence-corrected chi connectivity index (χ1v) is 5.61. The first-order valence-electron chi connectivity index (χ1n) is 5.61. The molecule has 1 fully saturated rings. The zero-order valence-electron chi connectivity index (χ0n) is 9.90. The van der Waals surface area contributed by atoms with Crippen LogP contribution in [0.4, 0.5) is 18.0 Å². The van der Waals surface area contributed by atoms with Crippen LogP contribution in [0, 0.1) is 0 Å². The maximum absolute atomic E-state index is 12.3. The molecule has 0 aromatic carbocycles. The maximum atomic E-state index is 12.3. The summed E-state index contributed by atoms with van der Waals surface area (Å²) in [5.74, 6) is -1.18. The second-order valence-corrected chi connectivity index (χ2v) is 4.10. The third-order valence-corrected chi connectivity index (χ3v) is 2.81. The van der Waals surface area contributed by atoms with Gasteiger partial charge in [-0.25, -0.2) is 9.59 Å². The summed E-state index contributed by atoms with van der Waals surface area (Å²) in [6, 6.07) is -1.88. The van der Waals surface area contributed by atoms with Crippen molar-refractivity contribution in [1.29, 1.82) is 0 Å². The lowest BCUT2D eigenvalue weighted by atomic mass is 10.2. The highest BCUT2D eigenvalue weighted by Crippen LogP contribution is 2.22. The number of carbonyl (C=O) groups is 2. The molecule has 2 amide bonds. The first-order chi connectivity index (χ1) is 8.26. The van der Waals surface area contributed by atoms with Crippen molar-refractivity contribution >= 4 is 12.0 Å². The van der Waals surface area contributed by atoms with E-state index in [1.54, 1.807) is 0 Å². The molecule has 1 aliphatic heterocycles. The molecule has 1 aliphatic rings. The third-order valence-electron chi connectivity index (χ3n) is 2.81. The Labute approximate surface area is 102 Å². The predicted molar refractivity (Wildman–Crippen MR) is 56.1 cm³/mol. The number of carboxylic acids is 1. The van der Waals surface area contributed by atoms with Crippen LogP contribution in [0.5, 0.6) is 0 Å². The number of carboxylic acid groups (broad SMARTS) is 1. The molecule has 1 saturated heterocycles. The van der Waals surface area contributed by atoms with Crippen LogP contribution in [0.15, 0.2) is 0 Å². The maximum Gasteiger partial charge on any atom is 0.406 e. The molecule has 1 N–H and O–H groups in total. The number of hydrogen-bond donors (Lipinski definition) is 1. The van der Waals surface area contributed by atoms with E-state index >= 15 is 0 Å². The van der Waals surface area contributed by atoms with Crippen LogP contribution >= 0.6 is 0 Å². The summed E-state index contributed by atoms with van der Waals surface area (Å²) < 4.78 is 36.8. The Morgan fingerprint density at radius 1 is 1.44 bits per heavy atom. The summed E-state index contributed by atoms with van der Waals surface area (Å²) >= 11 is 0. The molecule has 0 saturated carbocycles. The van der Waals surface area contributed by atoms with Crippen LogP contribution in [0.3, 0.4) is 0 Å². The van der Waals surface area contributed by atoms with Crippen LogP contribution in [0.2, 0.25) is 0 Å². The van der Waals surface area contributed by atoms with Gasteiger partial charge >= 0.3 is 18.2 Å². The number of aliphatic carboxylic acids is 1. The molecular formula is C10H15F3N2O3. The fourth-order valence-corrected chi connectivity index (χ4v) is 1.97. The second-order valence-electron chi connectivity index (χ2n) is 4.10. The number of rotatable bonds is 3. The van der Waals surface area contributed by atoms with E-state index in [0.29, 0.717) is 11.3 Å². The highest BCUT2D eigenvalue weighted by atomic mass is 19.4. The predicted octanol–water partition coefficient (Wildman–Crippen LogP) is 1.54. The molecule has 0 bridgehead atoms. The quantitative estimate of drug-likeness (QED) is 0.844. The molecule has 18 heavy (non-hydrogen) atoms. The average molecular weight is 268 g/mol. The van der Waals surface area contributed by atoms with Gasteiger partial charge in [-0.1, -0.05) is 0 Å². The van der Waals surface area contributed by atoms with Gasteiger partial charge in [0.15, 0.2) is 0 Å². The van der Waals surface area contributed by atoms with E-state index in [0.717, 1.165) is 4.90 Å². The molecule has 0 aromatic heterocycles. The molecule has 1 atom stereocenters. The van der Waals surface area contributed by atoms with E-state index in [-0.39, 0.29) is 19.5 Å². The Morgan fingerprint density at radius 2 is 2.06 bits per heavy atom. The molecule has 1 rings (SSSR count). The summed E-state index contributed by atoms with van der Waals surface area (Å²) in [7, 11) is 0. The number of alkyl halides is 3. The van der Waals surface area contributed by atoms with Crippen LogP contribution < -0.4 is 0 Å². The summed E-state index contributed by atoms with van der Waals surface area (Å²) in [5.41, 5.74) is 0. The smallest absolute Gasteiger partial charge is 0.406 e. The minimum atomic E-state index is -4.48. The summed E-state index contributed by atoms with van der Waals surface area (Å²) in [6.45, 7) is 0.145. The minimum absolute atomic E-state index is 0.110. The van der Waals surface area contributed by atoms with Gasteiger partial charge in [0.2, 0.25) is 0 Å². The van der Waals surface area contributed by atoms with Crippen molar-refractivity contribution in [3.63, 3.8) is 0 Å². The fraction of sp³-hybridized carbons (Fsp3) is 0.800. The van der Waals surface area contributed by atoms with Gasteiger partial charge in [0.1, 0.15) is 12.6 Å². The fourth-order valence-electron chi connectivity index (χ4n) is 1.97. The van der Waals surface area contributed by atoms with Gasteiger partial charge in [0, 0.05) is 13.1 Å². The molecule has 0 spiro atoms. The normalized spacial score (nSPS) is 20.0. The molecule has 0 aromatic rings. The van der Waals surface area contributed by atoms with Crippen LogP contribution in [-0.2, 0) is 4.79 Å². The molecule has 0 radical (unpaired) electrons. The molecule has 1 unspecified atom stereocenters. The topological polar surface area (TPSA) is 60.9 Å². The molecule has 104 valence electrons. The van der Waals surface area contributed by atoms with Gasteiger partial charge < -0.3 is 14.9 Å². The molecule has 0 aliphatic carbocycles. The van der Waals surface area contributed by atoms with E-state index in [1.165, 1.54) is 6.92 Å². The van der Waals surface area contributed by atoms with Gasteiger partial charge in [-0.05, 0) is 19.8 Å². The number of halogens is 3. The van der Waals surface area contributed by atoms with E-state index in [4.69, 9.17) is 5.11 Å². The number of urea groups is 1. The van der Waals surface area contributed by atoms with Crippen LogP contribution in [0.1, 0.15) is 19.8 Å². The van der Waals surface area contributed by atoms with E-state index in [2.05, 4.69) is 0 Å². The zero-order chi connectivity index (χ0) is 13.9. The van der Waals surface area contributed by atoms with Gasteiger partial charge in [-0.2, -0.15) is 13.2 Å². The Morgan fingerprint density at radius 3 is 2.50 bits per heavy atom. The SMILES string of the molecule is CCN(CC(F)(F)F)C(=O)N1CCCC1C(=O)O. The lowest BCUT2D eigenvalue weighted by Crippen LogP contribution is -2.50. The Balaban J connectivity index is 2.74. The van der Waals surface area contributed by atoms with Crippen molar-refractivity contribution in [3.8, 4) is 0 Å². The largest absolute Gasteiger partial charge is 0.480 e. The van der Waals surface area contributed by atoms with Crippen molar-refractivity contribution < 1.29 is 27.9 Å². The number of carbonyl (C=O) groups excluding carboxylic acids is 1. The Hall–Kier alpha value is -1.47. The lowest BCUT2D eigenvalue weighted by Gasteiger charge is -2.30. The van der Waals surface area contributed by atoms with Crippen molar-refractivity contribution in [2.24, 2.45) is 0 Å². The molecule has 5 nitrogen and oxygen atoms in total. The summed E-state index contributed by atoms with van der Waals surface area (Å²) in [4.78, 5) is 24.3. The number of likely N-dealkylation sites (tertiary alicyclic amines) is 1. The number of nitrogens with zero attached hydrogens (tertiary/aromatic N) is 2. The van der Waals surface area contributed by atoms with Gasteiger partial charge in [0.25, 0.3) is 0 Å². The number of amides is 2. The average Bonchev–Trinajstić information content (AvgIpc) is 2.72. The van der Waals surface area contributed by atoms with Crippen molar-refractivity contribution in [2.45, 2.75) is 32.0 Å². The zero-order valence-corrected chi connectivity index (χ0v) is 9.90. The Kier molecular flexibility index (Phi) is 4.42. The van der Waals surface area contributed by atoms with Crippen LogP contribution in [-0.4, -0.2) is 58.8 Å². The highest BCUT2D eigenvalue weighted by Gasteiger charge is 2.39. The molecular weight excluding hydrogens is 253 g/mol. The van der Waals surface area contributed by atoms with E-state index in [9.17, 15) is 22.8 Å². The second kappa shape index (κ2) is 5.45. The van der Waals surface area contributed by atoms with Crippen LogP contribution in [0.25, 0.3) is 0 Å². The first kappa shape index (κ1) is 14.6. The van der Waals surface area contributed by atoms with Crippen molar-refractivity contribution in [2.75, 3.05) is 19.6 Å². The van der Waals surface area contributed by atoms with Crippen molar-refractivity contribution in [3.05, 3.63) is 0 Å². The third kappa shape index (κ3) is 3.51. The van der Waals surface area contributed by atoms with Gasteiger partial charge in [-0.15, -0.1) is 0 Å². The number of hydrogen-bond acceptors (Lipinski definition) is 2. The highest BCUT2D eigenvalue weighted by molar-refractivity contribution is 5.83. The van der Waals surface area contributed by atoms with Gasteiger partial charge in [-0.3, -0.25) is 0 Å². The standard InChI is InChI=1S/C10H15F3N2O3/c1-2-14(6-10(11,12)13)9(18)15-5-3-4-7(15)8(16)17/h7H,2-6H2,1H3,(H,16,17). The van der Waals surface area contributed by atoms with E-state index in [1.807, 2.05) is 0 Å². The minimum Gasteiger partial charge on any atom is -0.480 e. The lowest BCUT2D eigenvalue weighted by molar-refractivity contribution is -0.143. The van der Waals surface area contributed by atoms with Gasteiger partial charge in [0.05, 0.1) is 0 Å². The molecule has 8 heteroatoms. The molecule has 1 heterocycles.